The minimum atomic E-state index is -0.773. The molecule has 0 heterocycles. The average molecular weight is 382 g/mol. The molecule has 0 spiro atoms. The molecule has 0 bridgehead atoms. The van der Waals surface area contributed by atoms with E-state index in [9.17, 15) is 13.9 Å². The van der Waals surface area contributed by atoms with Crippen molar-refractivity contribution in [2.24, 2.45) is 0 Å². The van der Waals surface area contributed by atoms with Crippen LogP contribution in [0.2, 0.25) is 0 Å². The summed E-state index contributed by atoms with van der Waals surface area (Å²) in [6, 6.07) is 2.59. The molecule has 0 saturated heterocycles. The van der Waals surface area contributed by atoms with Gasteiger partial charge < -0.3 is 19.9 Å². The van der Waals surface area contributed by atoms with E-state index in [1.807, 2.05) is 6.92 Å². The van der Waals surface area contributed by atoms with Crippen LogP contribution in [0.25, 0.3) is 0 Å². The van der Waals surface area contributed by atoms with Crippen molar-refractivity contribution in [3.05, 3.63) is 28.2 Å². The van der Waals surface area contributed by atoms with Crippen molar-refractivity contribution in [2.45, 2.75) is 32.4 Å². The Labute approximate surface area is 137 Å². The van der Waals surface area contributed by atoms with Gasteiger partial charge in [0.05, 0.1) is 19.3 Å². The number of halogens is 3. The Bertz CT molecular complexity index is 439. The van der Waals surface area contributed by atoms with Crippen molar-refractivity contribution in [1.82, 2.24) is 5.32 Å². The lowest BCUT2D eigenvalue weighted by Crippen LogP contribution is -2.35. The van der Waals surface area contributed by atoms with Gasteiger partial charge >= 0.3 is 0 Å². The van der Waals surface area contributed by atoms with E-state index in [0.29, 0.717) is 17.1 Å². The second-order valence-corrected chi connectivity index (χ2v) is 5.91. The van der Waals surface area contributed by atoms with Crippen LogP contribution in [0.3, 0.4) is 0 Å². The zero-order valence-corrected chi connectivity index (χ0v) is 14.3. The standard InChI is InChI=1S/C15H22BrF2NO3/c1-3-10(2)19-8-12(20)9-21-4-5-22-15-13(17)6-11(16)7-14(15)18/h6-7,10,12,19-20H,3-5,8-9H2,1-2H3. The minimum absolute atomic E-state index is 0.000976. The maximum atomic E-state index is 13.5. The summed E-state index contributed by atoms with van der Waals surface area (Å²) in [6.07, 6.45) is 0.348. The van der Waals surface area contributed by atoms with Crippen molar-refractivity contribution < 1.29 is 23.4 Å². The molecule has 0 fully saturated rings. The van der Waals surface area contributed by atoms with Crippen LogP contribution in [0.1, 0.15) is 20.3 Å². The van der Waals surface area contributed by atoms with Crippen molar-refractivity contribution in [3.63, 3.8) is 0 Å². The first kappa shape index (κ1) is 19.3. The third-order valence-corrected chi connectivity index (χ3v) is 3.52. The van der Waals surface area contributed by atoms with Gasteiger partial charge in [0.15, 0.2) is 17.4 Å². The highest BCUT2D eigenvalue weighted by molar-refractivity contribution is 9.10. The molecule has 126 valence electrons. The number of nitrogens with one attached hydrogen (secondary N) is 1. The van der Waals surface area contributed by atoms with Crippen molar-refractivity contribution >= 4 is 15.9 Å². The van der Waals surface area contributed by atoms with E-state index in [0.717, 1.165) is 18.6 Å². The van der Waals surface area contributed by atoms with Crippen molar-refractivity contribution in [1.29, 1.82) is 0 Å². The van der Waals surface area contributed by atoms with Gasteiger partial charge in [0.2, 0.25) is 0 Å². The number of hydrogen-bond acceptors (Lipinski definition) is 4. The molecule has 0 amide bonds. The first-order valence-corrected chi connectivity index (χ1v) is 7.99. The predicted molar refractivity (Wildman–Crippen MR) is 84.1 cm³/mol. The van der Waals surface area contributed by atoms with Gasteiger partial charge in [-0.3, -0.25) is 0 Å². The second kappa shape index (κ2) is 10.1. The molecule has 1 aromatic carbocycles. The van der Waals surface area contributed by atoms with E-state index >= 15 is 0 Å². The van der Waals surface area contributed by atoms with E-state index in [2.05, 4.69) is 28.2 Å². The lowest BCUT2D eigenvalue weighted by atomic mass is 10.2. The summed E-state index contributed by atoms with van der Waals surface area (Å²) in [6.45, 7) is 4.79. The molecule has 0 aliphatic rings. The van der Waals surface area contributed by atoms with E-state index < -0.39 is 23.5 Å². The summed E-state index contributed by atoms with van der Waals surface area (Å²) >= 11 is 2.99. The first-order chi connectivity index (χ1) is 10.4. The van der Waals surface area contributed by atoms with Gasteiger partial charge in [0.25, 0.3) is 0 Å². The Hall–Kier alpha value is -0.760. The van der Waals surface area contributed by atoms with Crippen LogP contribution < -0.4 is 10.1 Å². The summed E-state index contributed by atoms with van der Waals surface area (Å²) in [5.41, 5.74) is 0. The Morgan fingerprint density at radius 2 is 1.91 bits per heavy atom. The molecule has 7 heteroatoms. The number of benzene rings is 1. The number of aliphatic hydroxyl groups excluding tert-OH is 1. The van der Waals surface area contributed by atoms with Crippen LogP contribution in [-0.2, 0) is 4.74 Å². The average Bonchev–Trinajstić information content (AvgIpc) is 2.46. The van der Waals surface area contributed by atoms with Crippen LogP contribution in [-0.4, -0.2) is 43.6 Å². The summed E-state index contributed by atoms with van der Waals surface area (Å²) in [5.74, 6) is -1.97. The van der Waals surface area contributed by atoms with Gasteiger partial charge in [0.1, 0.15) is 6.61 Å². The number of ether oxygens (including phenoxy) is 2. The van der Waals surface area contributed by atoms with E-state index in [1.54, 1.807) is 0 Å². The minimum Gasteiger partial charge on any atom is -0.485 e. The molecule has 1 aromatic rings. The maximum absolute atomic E-state index is 13.5. The highest BCUT2D eigenvalue weighted by atomic mass is 79.9. The third-order valence-electron chi connectivity index (χ3n) is 3.06. The van der Waals surface area contributed by atoms with Gasteiger partial charge in [-0.05, 0) is 25.5 Å². The van der Waals surface area contributed by atoms with Crippen LogP contribution in [0, 0.1) is 11.6 Å². The molecule has 2 atom stereocenters. The van der Waals surface area contributed by atoms with Crippen LogP contribution in [0.4, 0.5) is 8.78 Å². The normalized spacial score (nSPS) is 13.9. The topological polar surface area (TPSA) is 50.7 Å². The highest BCUT2D eigenvalue weighted by Gasteiger charge is 2.12. The Morgan fingerprint density at radius 3 is 2.50 bits per heavy atom. The molecule has 1 rings (SSSR count). The quantitative estimate of drug-likeness (QED) is 0.611. The molecule has 2 N–H and O–H groups in total. The van der Waals surface area contributed by atoms with Crippen LogP contribution in [0.5, 0.6) is 5.75 Å². The Morgan fingerprint density at radius 1 is 1.27 bits per heavy atom. The smallest absolute Gasteiger partial charge is 0.190 e. The zero-order chi connectivity index (χ0) is 16.5. The number of aliphatic hydroxyl groups is 1. The fourth-order valence-corrected chi connectivity index (χ4v) is 2.03. The molecule has 0 aliphatic heterocycles. The SMILES string of the molecule is CCC(C)NCC(O)COCCOc1c(F)cc(Br)cc1F. The third kappa shape index (κ3) is 7.00. The lowest BCUT2D eigenvalue weighted by Gasteiger charge is -2.16. The summed E-state index contributed by atoms with van der Waals surface area (Å²) in [7, 11) is 0. The zero-order valence-electron chi connectivity index (χ0n) is 12.7. The maximum Gasteiger partial charge on any atom is 0.190 e. The molecular formula is C15H22BrF2NO3. The van der Waals surface area contributed by atoms with Crippen molar-refractivity contribution in [2.75, 3.05) is 26.4 Å². The number of rotatable bonds is 10. The van der Waals surface area contributed by atoms with Gasteiger partial charge in [0, 0.05) is 17.1 Å². The molecule has 0 saturated carbocycles. The first-order valence-electron chi connectivity index (χ1n) is 7.20. The Balaban J connectivity index is 2.21. The Kier molecular flexibility index (Phi) is 8.85. The molecule has 4 nitrogen and oxygen atoms in total. The monoisotopic (exact) mass is 381 g/mol. The molecular weight excluding hydrogens is 360 g/mol. The second-order valence-electron chi connectivity index (χ2n) is 4.99. The van der Waals surface area contributed by atoms with Crippen molar-refractivity contribution in [3.8, 4) is 5.75 Å². The molecule has 0 radical (unpaired) electrons. The van der Waals surface area contributed by atoms with E-state index in [-0.39, 0.29) is 19.8 Å². The van der Waals surface area contributed by atoms with Gasteiger partial charge in [-0.15, -0.1) is 0 Å². The van der Waals surface area contributed by atoms with Crippen LogP contribution >= 0.6 is 15.9 Å². The predicted octanol–water partition coefficient (Wildman–Crippen LogP) is 2.87. The number of hydrogen-bond donors (Lipinski definition) is 2. The molecule has 22 heavy (non-hydrogen) atoms. The largest absolute Gasteiger partial charge is 0.485 e. The highest BCUT2D eigenvalue weighted by Crippen LogP contribution is 2.25. The fourth-order valence-electron chi connectivity index (χ4n) is 1.63. The van der Waals surface area contributed by atoms with Gasteiger partial charge in [-0.2, -0.15) is 0 Å². The van der Waals surface area contributed by atoms with E-state index in [1.165, 1.54) is 0 Å². The van der Waals surface area contributed by atoms with Crippen LogP contribution in [0.15, 0.2) is 16.6 Å². The summed E-state index contributed by atoms with van der Waals surface area (Å²) < 4.78 is 37.5. The fraction of sp³-hybridized carbons (Fsp3) is 0.600. The molecule has 2 unspecified atom stereocenters. The van der Waals surface area contributed by atoms with Gasteiger partial charge in [-0.25, -0.2) is 8.78 Å². The van der Waals surface area contributed by atoms with E-state index in [4.69, 9.17) is 9.47 Å². The van der Waals surface area contributed by atoms with Gasteiger partial charge in [-0.1, -0.05) is 22.9 Å². The summed E-state index contributed by atoms with van der Waals surface area (Å²) in [4.78, 5) is 0. The summed E-state index contributed by atoms with van der Waals surface area (Å²) in [5, 5.41) is 12.8. The molecule has 0 aromatic heterocycles. The molecule has 0 aliphatic carbocycles. The lowest BCUT2D eigenvalue weighted by molar-refractivity contribution is 0.0233.